The number of piperazine rings is 1. The fourth-order valence-corrected chi connectivity index (χ4v) is 4.54. The molecular formula is C28H31ClN4O4. The van der Waals surface area contributed by atoms with Crippen molar-refractivity contribution in [2.75, 3.05) is 68.7 Å². The molecule has 1 saturated heterocycles. The number of nitrogens with one attached hydrogen (secondary N) is 2. The monoisotopic (exact) mass is 522 g/mol. The number of carbonyl (C=O) groups is 2. The highest BCUT2D eigenvalue weighted by Gasteiger charge is 2.24. The number of carbonyl (C=O) groups excluding carboxylic acids is 2. The number of hydrogen-bond donors (Lipinski definition) is 2. The Labute approximate surface area is 222 Å². The van der Waals surface area contributed by atoms with Gasteiger partial charge in [0.15, 0.2) is 0 Å². The van der Waals surface area contributed by atoms with Crippen LogP contribution in [0.1, 0.15) is 20.7 Å². The third-order valence-corrected chi connectivity index (χ3v) is 6.46. The van der Waals surface area contributed by atoms with Gasteiger partial charge < -0.3 is 29.9 Å². The minimum absolute atomic E-state index is 0.224. The first kappa shape index (κ1) is 26.3. The lowest BCUT2D eigenvalue weighted by Crippen LogP contribution is -2.47. The highest BCUT2D eigenvalue weighted by atomic mass is 35.5. The normalized spacial score (nSPS) is 13.3. The zero-order chi connectivity index (χ0) is 26.2. The molecule has 1 heterocycles. The van der Waals surface area contributed by atoms with E-state index in [0.717, 1.165) is 43.3 Å². The first-order valence-corrected chi connectivity index (χ1v) is 12.5. The summed E-state index contributed by atoms with van der Waals surface area (Å²) < 4.78 is 10.6. The largest absolute Gasteiger partial charge is 0.495 e. The predicted molar refractivity (Wildman–Crippen MR) is 147 cm³/mol. The predicted octanol–water partition coefficient (Wildman–Crippen LogP) is 4.30. The van der Waals surface area contributed by atoms with Gasteiger partial charge in [-0.05, 0) is 48.5 Å². The molecule has 0 bridgehead atoms. The van der Waals surface area contributed by atoms with Gasteiger partial charge in [0.05, 0.1) is 25.0 Å². The highest BCUT2D eigenvalue weighted by molar-refractivity contribution is 6.31. The van der Waals surface area contributed by atoms with Crippen LogP contribution in [0.3, 0.4) is 0 Å². The maximum atomic E-state index is 13.2. The second kappa shape index (κ2) is 12.5. The van der Waals surface area contributed by atoms with Crippen molar-refractivity contribution < 1.29 is 19.1 Å². The maximum absolute atomic E-state index is 13.2. The summed E-state index contributed by atoms with van der Waals surface area (Å²) in [5, 5.41) is 6.26. The SMILES string of the molecule is COCCNC(=O)c1cc(NC(=O)c2cccc(Cl)c2)ccc1N1CCN(c2ccccc2OC)CC1. The molecule has 194 valence electrons. The summed E-state index contributed by atoms with van der Waals surface area (Å²) in [4.78, 5) is 30.4. The minimum atomic E-state index is -0.300. The number of nitrogens with zero attached hydrogens (tertiary/aromatic N) is 2. The number of methoxy groups -OCH3 is 2. The number of para-hydroxylation sites is 2. The average molecular weight is 523 g/mol. The van der Waals surface area contributed by atoms with Gasteiger partial charge >= 0.3 is 0 Å². The number of halogens is 1. The molecule has 0 atom stereocenters. The van der Waals surface area contributed by atoms with E-state index < -0.39 is 0 Å². The quantitative estimate of drug-likeness (QED) is 0.408. The van der Waals surface area contributed by atoms with Crippen molar-refractivity contribution >= 4 is 40.5 Å². The first-order valence-electron chi connectivity index (χ1n) is 12.1. The van der Waals surface area contributed by atoms with Crippen LogP contribution in [0, 0.1) is 0 Å². The van der Waals surface area contributed by atoms with Crippen LogP contribution in [0.25, 0.3) is 0 Å². The van der Waals surface area contributed by atoms with Crippen molar-refractivity contribution in [3.05, 3.63) is 82.9 Å². The van der Waals surface area contributed by atoms with E-state index in [1.807, 2.05) is 30.3 Å². The van der Waals surface area contributed by atoms with Crippen LogP contribution in [-0.2, 0) is 4.74 Å². The second-order valence-electron chi connectivity index (χ2n) is 8.59. The van der Waals surface area contributed by atoms with Gasteiger partial charge in [0.25, 0.3) is 11.8 Å². The van der Waals surface area contributed by atoms with Crippen LogP contribution in [0.2, 0.25) is 5.02 Å². The molecule has 0 unspecified atom stereocenters. The Bertz CT molecular complexity index is 1240. The molecule has 1 aliphatic heterocycles. The Morgan fingerprint density at radius 1 is 0.865 bits per heavy atom. The zero-order valence-corrected chi connectivity index (χ0v) is 21.8. The number of amides is 2. The van der Waals surface area contributed by atoms with Crippen molar-refractivity contribution in [2.24, 2.45) is 0 Å². The van der Waals surface area contributed by atoms with E-state index in [9.17, 15) is 9.59 Å². The van der Waals surface area contributed by atoms with Crippen LogP contribution >= 0.6 is 11.6 Å². The fraction of sp³-hybridized carbons (Fsp3) is 0.286. The van der Waals surface area contributed by atoms with Crippen LogP contribution in [0.15, 0.2) is 66.7 Å². The van der Waals surface area contributed by atoms with Gasteiger partial charge in [-0.3, -0.25) is 9.59 Å². The molecule has 3 aromatic carbocycles. The van der Waals surface area contributed by atoms with Gasteiger partial charge in [0.2, 0.25) is 0 Å². The summed E-state index contributed by atoms with van der Waals surface area (Å²) in [6.45, 7) is 3.80. The molecule has 0 aliphatic carbocycles. The number of hydrogen-bond acceptors (Lipinski definition) is 6. The van der Waals surface area contributed by atoms with Gasteiger partial charge in [-0.1, -0.05) is 29.8 Å². The smallest absolute Gasteiger partial charge is 0.255 e. The molecular weight excluding hydrogens is 492 g/mol. The van der Waals surface area contributed by atoms with E-state index in [1.165, 1.54) is 0 Å². The third-order valence-electron chi connectivity index (χ3n) is 6.22. The second-order valence-corrected chi connectivity index (χ2v) is 9.03. The van der Waals surface area contributed by atoms with E-state index in [-0.39, 0.29) is 11.8 Å². The minimum Gasteiger partial charge on any atom is -0.495 e. The Balaban J connectivity index is 1.53. The molecule has 1 fully saturated rings. The molecule has 2 amide bonds. The van der Waals surface area contributed by atoms with Crippen LogP contribution < -0.4 is 25.2 Å². The zero-order valence-electron chi connectivity index (χ0n) is 21.0. The van der Waals surface area contributed by atoms with Crippen LogP contribution in [0.4, 0.5) is 17.1 Å². The standard InChI is InChI=1S/C28H31ClN4O4/c1-36-17-12-30-28(35)23-19-22(31-27(34)20-6-5-7-21(29)18-20)10-11-24(23)32-13-15-33(16-14-32)25-8-3-4-9-26(25)37-2/h3-11,18-19H,12-17H2,1-2H3,(H,30,35)(H,31,34). The van der Waals surface area contributed by atoms with Crippen LogP contribution in [-0.4, -0.2) is 65.4 Å². The van der Waals surface area contributed by atoms with E-state index >= 15 is 0 Å². The van der Waals surface area contributed by atoms with Crippen molar-refractivity contribution in [2.45, 2.75) is 0 Å². The van der Waals surface area contributed by atoms with Gasteiger partial charge in [-0.2, -0.15) is 0 Å². The van der Waals surface area contributed by atoms with Crippen molar-refractivity contribution in [1.82, 2.24) is 5.32 Å². The summed E-state index contributed by atoms with van der Waals surface area (Å²) >= 11 is 6.03. The van der Waals surface area contributed by atoms with Gasteiger partial charge in [-0.15, -0.1) is 0 Å². The highest BCUT2D eigenvalue weighted by Crippen LogP contribution is 2.31. The Hall–Kier alpha value is -3.75. The molecule has 2 N–H and O–H groups in total. The average Bonchev–Trinajstić information content (AvgIpc) is 2.93. The summed E-state index contributed by atoms with van der Waals surface area (Å²) in [5.74, 6) is 0.318. The molecule has 0 saturated carbocycles. The van der Waals surface area contributed by atoms with E-state index in [0.29, 0.717) is 35.0 Å². The van der Waals surface area contributed by atoms with Crippen LogP contribution in [0.5, 0.6) is 5.75 Å². The summed E-state index contributed by atoms with van der Waals surface area (Å²) in [6.07, 6.45) is 0. The topological polar surface area (TPSA) is 83.1 Å². The number of rotatable bonds is 9. The Morgan fingerprint density at radius 3 is 2.30 bits per heavy atom. The summed E-state index contributed by atoms with van der Waals surface area (Å²) in [7, 11) is 3.26. The summed E-state index contributed by atoms with van der Waals surface area (Å²) in [5.41, 5.74) is 3.33. The number of anilines is 3. The van der Waals surface area contributed by atoms with Crippen molar-refractivity contribution in [1.29, 1.82) is 0 Å². The Kier molecular flexibility index (Phi) is 8.87. The molecule has 37 heavy (non-hydrogen) atoms. The molecule has 3 aromatic rings. The van der Waals surface area contributed by atoms with Gasteiger partial charge in [0, 0.05) is 61.8 Å². The van der Waals surface area contributed by atoms with Crippen molar-refractivity contribution in [3.63, 3.8) is 0 Å². The molecule has 1 aliphatic rings. The lowest BCUT2D eigenvalue weighted by molar-refractivity contribution is 0.0936. The molecule has 0 radical (unpaired) electrons. The van der Waals surface area contributed by atoms with E-state index in [1.54, 1.807) is 44.6 Å². The molecule has 8 nitrogen and oxygen atoms in total. The lowest BCUT2D eigenvalue weighted by Gasteiger charge is -2.38. The number of benzene rings is 3. The van der Waals surface area contributed by atoms with E-state index in [2.05, 4.69) is 26.5 Å². The third kappa shape index (κ3) is 6.53. The summed E-state index contributed by atoms with van der Waals surface area (Å²) in [6, 6.07) is 20.1. The molecule has 4 rings (SSSR count). The van der Waals surface area contributed by atoms with E-state index in [4.69, 9.17) is 21.1 Å². The molecule has 9 heteroatoms. The maximum Gasteiger partial charge on any atom is 0.255 e. The molecule has 0 aromatic heterocycles. The van der Waals surface area contributed by atoms with Gasteiger partial charge in [-0.25, -0.2) is 0 Å². The lowest BCUT2D eigenvalue weighted by atomic mass is 10.1. The van der Waals surface area contributed by atoms with Gasteiger partial charge in [0.1, 0.15) is 5.75 Å². The Morgan fingerprint density at radius 2 is 1.59 bits per heavy atom. The fourth-order valence-electron chi connectivity index (χ4n) is 4.35. The first-order chi connectivity index (χ1) is 18.0. The molecule has 0 spiro atoms. The number of ether oxygens (including phenoxy) is 2. The van der Waals surface area contributed by atoms with Crippen molar-refractivity contribution in [3.8, 4) is 5.75 Å².